The molecule has 1 atom stereocenters. The van der Waals surface area contributed by atoms with Crippen LogP contribution in [0.25, 0.3) is 0 Å². The van der Waals surface area contributed by atoms with E-state index in [0.717, 1.165) is 13.0 Å². The normalized spacial score (nSPS) is 17.5. The van der Waals surface area contributed by atoms with Crippen molar-refractivity contribution in [1.29, 1.82) is 0 Å². The van der Waals surface area contributed by atoms with Gasteiger partial charge in [0.15, 0.2) is 0 Å². The number of carboxylic acids is 1. The Morgan fingerprint density at radius 1 is 1.14 bits per heavy atom. The largest absolute Gasteiger partial charge is 0.481 e. The second-order valence-electron chi connectivity index (χ2n) is 6.69. The van der Waals surface area contributed by atoms with E-state index in [9.17, 15) is 9.59 Å². The number of hydrogen-bond acceptors (Lipinski definition) is 2. The Labute approximate surface area is 127 Å². The molecule has 1 fully saturated rings. The minimum Gasteiger partial charge on any atom is -0.481 e. The second kappa shape index (κ2) is 9.64. The summed E-state index contributed by atoms with van der Waals surface area (Å²) in [7, 11) is 0. The first-order valence-electron chi connectivity index (χ1n) is 8.20. The highest BCUT2D eigenvalue weighted by molar-refractivity contribution is 5.74. The van der Waals surface area contributed by atoms with E-state index in [1.807, 2.05) is 0 Å². The lowest BCUT2D eigenvalue weighted by Gasteiger charge is -2.22. The Balaban J connectivity index is 2.23. The molecule has 0 aromatic carbocycles. The molecular weight excluding hydrogens is 268 g/mol. The Bertz CT molecular complexity index is 325. The number of carbonyl (C=O) groups excluding carboxylic acids is 1. The maximum atomic E-state index is 11.8. The zero-order chi connectivity index (χ0) is 15.7. The van der Waals surface area contributed by atoms with Crippen LogP contribution in [0.15, 0.2) is 0 Å². The van der Waals surface area contributed by atoms with Crippen molar-refractivity contribution < 1.29 is 14.7 Å². The second-order valence-corrected chi connectivity index (χ2v) is 6.69. The van der Waals surface area contributed by atoms with Gasteiger partial charge < -0.3 is 15.7 Å². The van der Waals surface area contributed by atoms with Crippen LogP contribution in [0, 0.1) is 17.8 Å². The van der Waals surface area contributed by atoms with Gasteiger partial charge in [0.25, 0.3) is 0 Å². The molecule has 0 saturated heterocycles. The number of nitrogens with one attached hydrogen (secondary N) is 2. The summed E-state index contributed by atoms with van der Waals surface area (Å²) >= 11 is 0. The molecule has 0 unspecified atom stereocenters. The van der Waals surface area contributed by atoms with Gasteiger partial charge in [-0.3, -0.25) is 4.79 Å². The van der Waals surface area contributed by atoms with Crippen molar-refractivity contribution in [3.05, 3.63) is 0 Å². The maximum Gasteiger partial charge on any atom is 0.314 e. The number of rotatable bonds is 8. The third-order valence-corrected chi connectivity index (χ3v) is 4.10. The molecule has 5 heteroatoms. The molecule has 1 saturated carbocycles. The summed E-state index contributed by atoms with van der Waals surface area (Å²) in [6.45, 7) is 5.30. The third kappa shape index (κ3) is 8.58. The molecule has 0 aromatic rings. The summed E-state index contributed by atoms with van der Waals surface area (Å²) in [6, 6.07) is -0.167. The van der Waals surface area contributed by atoms with Gasteiger partial charge in [0.1, 0.15) is 0 Å². The topological polar surface area (TPSA) is 78.4 Å². The fourth-order valence-corrected chi connectivity index (χ4v) is 3.08. The van der Waals surface area contributed by atoms with Crippen LogP contribution >= 0.6 is 0 Å². The Hall–Kier alpha value is -1.26. The van der Waals surface area contributed by atoms with E-state index < -0.39 is 5.97 Å². The van der Waals surface area contributed by atoms with Crippen LogP contribution in [0.1, 0.15) is 58.8 Å². The van der Waals surface area contributed by atoms with Crippen molar-refractivity contribution in [2.45, 2.75) is 58.8 Å². The molecule has 0 spiro atoms. The predicted octanol–water partition coefficient (Wildman–Crippen LogP) is 3.00. The van der Waals surface area contributed by atoms with E-state index in [4.69, 9.17) is 5.11 Å². The van der Waals surface area contributed by atoms with Gasteiger partial charge in [0.2, 0.25) is 0 Å². The van der Waals surface area contributed by atoms with E-state index >= 15 is 0 Å². The van der Waals surface area contributed by atoms with Crippen molar-refractivity contribution in [2.24, 2.45) is 17.8 Å². The molecule has 1 aliphatic carbocycles. The zero-order valence-electron chi connectivity index (χ0n) is 13.4. The summed E-state index contributed by atoms with van der Waals surface area (Å²) in [5.41, 5.74) is 0. The SMILES string of the molecule is CC(C)C[C@H](CNC(=O)NCC1CCCCC1)CC(=O)O. The monoisotopic (exact) mass is 298 g/mol. The van der Waals surface area contributed by atoms with Gasteiger partial charge in [-0.1, -0.05) is 33.1 Å². The lowest BCUT2D eigenvalue weighted by molar-refractivity contribution is -0.138. The highest BCUT2D eigenvalue weighted by Gasteiger charge is 2.17. The Kier molecular flexibility index (Phi) is 8.16. The number of carboxylic acid groups (broad SMARTS) is 1. The Morgan fingerprint density at radius 3 is 2.38 bits per heavy atom. The lowest BCUT2D eigenvalue weighted by Crippen LogP contribution is -2.41. The predicted molar refractivity (Wildman–Crippen MR) is 83.2 cm³/mol. The van der Waals surface area contributed by atoms with Gasteiger partial charge in [0.05, 0.1) is 0 Å². The van der Waals surface area contributed by atoms with Crippen molar-refractivity contribution in [3.8, 4) is 0 Å². The van der Waals surface area contributed by atoms with Crippen LogP contribution in [0.5, 0.6) is 0 Å². The summed E-state index contributed by atoms with van der Waals surface area (Å²) in [4.78, 5) is 22.6. The Morgan fingerprint density at radius 2 is 1.81 bits per heavy atom. The van der Waals surface area contributed by atoms with Crippen LogP contribution in [0.2, 0.25) is 0 Å². The molecule has 0 aromatic heterocycles. The first-order valence-corrected chi connectivity index (χ1v) is 8.20. The summed E-state index contributed by atoms with van der Waals surface area (Å²) in [5.74, 6) is 0.240. The van der Waals surface area contributed by atoms with Gasteiger partial charge >= 0.3 is 12.0 Å². The quantitative estimate of drug-likeness (QED) is 0.644. The molecule has 122 valence electrons. The van der Waals surface area contributed by atoms with Crippen LogP contribution in [0.3, 0.4) is 0 Å². The van der Waals surface area contributed by atoms with Crippen molar-refractivity contribution in [1.82, 2.24) is 10.6 Å². The number of urea groups is 1. The summed E-state index contributed by atoms with van der Waals surface area (Å²) in [6.07, 6.45) is 7.18. The fraction of sp³-hybridized carbons (Fsp3) is 0.875. The standard InChI is InChI=1S/C16H30N2O3/c1-12(2)8-14(9-15(19)20)11-18-16(21)17-10-13-6-4-3-5-7-13/h12-14H,3-11H2,1-2H3,(H,19,20)(H2,17,18,21)/t14-/m0/s1. The van der Waals surface area contributed by atoms with Crippen molar-refractivity contribution in [3.63, 3.8) is 0 Å². The van der Waals surface area contributed by atoms with E-state index in [1.165, 1.54) is 32.1 Å². The van der Waals surface area contributed by atoms with E-state index in [-0.39, 0.29) is 18.4 Å². The number of carbonyl (C=O) groups is 2. The third-order valence-electron chi connectivity index (χ3n) is 4.10. The average molecular weight is 298 g/mol. The van der Waals surface area contributed by atoms with Gasteiger partial charge in [-0.15, -0.1) is 0 Å². The summed E-state index contributed by atoms with van der Waals surface area (Å²) in [5, 5.41) is 14.6. The minimum absolute atomic E-state index is 0.00271. The van der Waals surface area contributed by atoms with E-state index in [2.05, 4.69) is 24.5 Å². The molecule has 0 heterocycles. The van der Waals surface area contributed by atoms with Gasteiger partial charge in [-0.05, 0) is 37.0 Å². The van der Waals surface area contributed by atoms with Crippen molar-refractivity contribution >= 4 is 12.0 Å². The number of amides is 2. The molecule has 21 heavy (non-hydrogen) atoms. The molecule has 5 nitrogen and oxygen atoms in total. The van der Waals surface area contributed by atoms with Crippen LogP contribution in [-0.2, 0) is 4.79 Å². The number of hydrogen-bond donors (Lipinski definition) is 3. The highest BCUT2D eigenvalue weighted by Crippen LogP contribution is 2.22. The minimum atomic E-state index is -0.801. The first-order chi connectivity index (χ1) is 9.97. The molecule has 1 aliphatic rings. The molecular formula is C16H30N2O3. The van der Waals surface area contributed by atoms with Gasteiger partial charge in [0, 0.05) is 19.5 Å². The smallest absolute Gasteiger partial charge is 0.314 e. The molecule has 0 radical (unpaired) electrons. The molecule has 0 bridgehead atoms. The average Bonchev–Trinajstić information content (AvgIpc) is 2.42. The van der Waals surface area contributed by atoms with Gasteiger partial charge in [-0.25, -0.2) is 4.79 Å². The van der Waals surface area contributed by atoms with E-state index in [1.54, 1.807) is 0 Å². The lowest BCUT2D eigenvalue weighted by atomic mass is 9.89. The van der Waals surface area contributed by atoms with E-state index in [0.29, 0.717) is 18.4 Å². The zero-order valence-corrected chi connectivity index (χ0v) is 13.4. The van der Waals surface area contributed by atoms with Crippen LogP contribution in [0.4, 0.5) is 4.79 Å². The highest BCUT2D eigenvalue weighted by atomic mass is 16.4. The first kappa shape index (κ1) is 17.8. The maximum absolute atomic E-state index is 11.8. The molecule has 3 N–H and O–H groups in total. The fourth-order valence-electron chi connectivity index (χ4n) is 3.08. The van der Waals surface area contributed by atoms with Crippen LogP contribution in [-0.4, -0.2) is 30.2 Å². The molecule has 1 rings (SSSR count). The van der Waals surface area contributed by atoms with Crippen molar-refractivity contribution in [2.75, 3.05) is 13.1 Å². The molecule has 2 amide bonds. The number of aliphatic carboxylic acids is 1. The van der Waals surface area contributed by atoms with Crippen LogP contribution < -0.4 is 10.6 Å². The summed E-state index contributed by atoms with van der Waals surface area (Å²) < 4.78 is 0. The van der Waals surface area contributed by atoms with Gasteiger partial charge in [-0.2, -0.15) is 0 Å². The molecule has 0 aliphatic heterocycles.